The summed E-state index contributed by atoms with van der Waals surface area (Å²) in [6.45, 7) is 4.48. The lowest BCUT2D eigenvalue weighted by Gasteiger charge is -2.23. The molecule has 2 heterocycles. The summed E-state index contributed by atoms with van der Waals surface area (Å²) >= 11 is 3.41. The molecular weight excluding hydrogens is 280 g/mol. The van der Waals surface area contributed by atoms with Gasteiger partial charge in [0.15, 0.2) is 0 Å². The fourth-order valence-electron chi connectivity index (χ4n) is 1.85. The van der Waals surface area contributed by atoms with Crippen molar-refractivity contribution in [2.45, 2.75) is 6.92 Å². The van der Waals surface area contributed by atoms with Gasteiger partial charge in [0, 0.05) is 36.5 Å². The number of hydrogen-bond acceptors (Lipinski definition) is 4. The van der Waals surface area contributed by atoms with Crippen molar-refractivity contribution in [2.24, 2.45) is 5.73 Å². The van der Waals surface area contributed by atoms with Crippen LogP contribution in [0, 0.1) is 0 Å². The van der Waals surface area contributed by atoms with E-state index in [1.807, 2.05) is 18.3 Å². The number of rotatable bonds is 4. The molecule has 0 amide bonds. The SMILES string of the molecule is CCN(CCN)c1ccnc2cc(Br)cnc12. The zero-order valence-electron chi connectivity index (χ0n) is 9.73. The Kier molecular flexibility index (Phi) is 3.91. The first-order valence-corrected chi connectivity index (χ1v) is 6.41. The van der Waals surface area contributed by atoms with E-state index in [0.717, 1.165) is 34.3 Å². The lowest BCUT2D eigenvalue weighted by molar-refractivity contribution is 0.818. The molecule has 17 heavy (non-hydrogen) atoms. The molecule has 0 saturated carbocycles. The van der Waals surface area contributed by atoms with Gasteiger partial charge in [0.2, 0.25) is 0 Å². The molecule has 0 aliphatic carbocycles. The molecule has 0 radical (unpaired) electrons. The minimum Gasteiger partial charge on any atom is -0.369 e. The van der Waals surface area contributed by atoms with Gasteiger partial charge in [-0.3, -0.25) is 9.97 Å². The second-order valence-electron chi connectivity index (χ2n) is 3.72. The number of aromatic nitrogens is 2. The van der Waals surface area contributed by atoms with Crippen LogP contribution in [-0.4, -0.2) is 29.6 Å². The molecule has 0 saturated heterocycles. The fourth-order valence-corrected chi connectivity index (χ4v) is 2.17. The maximum absolute atomic E-state index is 5.63. The quantitative estimate of drug-likeness (QED) is 0.939. The maximum atomic E-state index is 5.63. The van der Waals surface area contributed by atoms with E-state index >= 15 is 0 Å². The number of hydrogen-bond donors (Lipinski definition) is 1. The van der Waals surface area contributed by atoms with Crippen LogP contribution in [0.2, 0.25) is 0 Å². The van der Waals surface area contributed by atoms with E-state index in [4.69, 9.17) is 5.73 Å². The standard InChI is InChI=1S/C12H15BrN4/c1-2-17(6-4-14)11-3-5-15-10-7-9(13)8-16-12(10)11/h3,5,7-8H,2,4,6,14H2,1H3. The summed E-state index contributed by atoms with van der Waals surface area (Å²) < 4.78 is 0.941. The highest BCUT2D eigenvalue weighted by Crippen LogP contribution is 2.24. The molecule has 0 aliphatic heterocycles. The van der Waals surface area contributed by atoms with Crippen LogP contribution in [-0.2, 0) is 0 Å². The predicted molar refractivity (Wildman–Crippen MR) is 74.2 cm³/mol. The summed E-state index contributed by atoms with van der Waals surface area (Å²) in [5.41, 5.74) is 8.54. The van der Waals surface area contributed by atoms with Gasteiger partial charge in [-0.15, -0.1) is 0 Å². The first-order chi connectivity index (χ1) is 8.26. The van der Waals surface area contributed by atoms with Crippen LogP contribution in [0.5, 0.6) is 0 Å². The average Bonchev–Trinajstić information content (AvgIpc) is 2.35. The molecule has 0 spiro atoms. The highest BCUT2D eigenvalue weighted by molar-refractivity contribution is 9.10. The van der Waals surface area contributed by atoms with E-state index in [1.54, 1.807) is 6.20 Å². The Balaban J connectivity index is 2.53. The molecule has 2 aromatic heterocycles. The molecule has 0 fully saturated rings. The van der Waals surface area contributed by atoms with Crippen molar-refractivity contribution in [1.82, 2.24) is 9.97 Å². The highest BCUT2D eigenvalue weighted by atomic mass is 79.9. The molecule has 90 valence electrons. The average molecular weight is 295 g/mol. The first kappa shape index (κ1) is 12.3. The molecule has 5 heteroatoms. The van der Waals surface area contributed by atoms with Crippen molar-refractivity contribution in [3.8, 4) is 0 Å². The molecule has 0 aliphatic rings. The van der Waals surface area contributed by atoms with Crippen molar-refractivity contribution in [1.29, 1.82) is 0 Å². The molecule has 2 aromatic rings. The van der Waals surface area contributed by atoms with Crippen LogP contribution in [0.15, 0.2) is 29.0 Å². The van der Waals surface area contributed by atoms with Crippen LogP contribution >= 0.6 is 15.9 Å². The van der Waals surface area contributed by atoms with Crippen molar-refractivity contribution in [3.05, 3.63) is 29.0 Å². The lowest BCUT2D eigenvalue weighted by Crippen LogP contribution is -2.29. The second kappa shape index (κ2) is 5.42. The van der Waals surface area contributed by atoms with Gasteiger partial charge in [0.1, 0.15) is 5.52 Å². The number of halogens is 1. The van der Waals surface area contributed by atoms with Gasteiger partial charge in [-0.2, -0.15) is 0 Å². The van der Waals surface area contributed by atoms with Crippen molar-refractivity contribution >= 4 is 32.7 Å². The smallest absolute Gasteiger partial charge is 0.112 e. The Bertz CT molecular complexity index is 515. The minimum absolute atomic E-state index is 0.633. The van der Waals surface area contributed by atoms with E-state index in [-0.39, 0.29) is 0 Å². The number of likely N-dealkylation sites (N-methyl/N-ethyl adjacent to an activating group) is 1. The van der Waals surface area contributed by atoms with E-state index in [0.29, 0.717) is 6.54 Å². The molecule has 2 rings (SSSR count). The largest absolute Gasteiger partial charge is 0.369 e. The third kappa shape index (κ3) is 2.56. The molecule has 2 N–H and O–H groups in total. The second-order valence-corrected chi connectivity index (χ2v) is 4.64. The van der Waals surface area contributed by atoms with Gasteiger partial charge in [-0.05, 0) is 35.0 Å². The van der Waals surface area contributed by atoms with Gasteiger partial charge < -0.3 is 10.6 Å². The molecule has 0 aromatic carbocycles. The molecule has 4 nitrogen and oxygen atoms in total. The number of anilines is 1. The summed E-state index contributed by atoms with van der Waals surface area (Å²) in [4.78, 5) is 11.0. The normalized spacial score (nSPS) is 10.8. The topological polar surface area (TPSA) is 55.0 Å². The zero-order chi connectivity index (χ0) is 12.3. The van der Waals surface area contributed by atoms with Gasteiger partial charge in [-0.1, -0.05) is 0 Å². The molecule has 0 unspecified atom stereocenters. The summed E-state index contributed by atoms with van der Waals surface area (Å²) in [5, 5.41) is 0. The van der Waals surface area contributed by atoms with E-state index in [9.17, 15) is 0 Å². The number of nitrogens with zero attached hydrogens (tertiary/aromatic N) is 3. The van der Waals surface area contributed by atoms with Crippen molar-refractivity contribution in [2.75, 3.05) is 24.5 Å². The molecule has 0 atom stereocenters. The third-order valence-electron chi connectivity index (χ3n) is 2.64. The van der Waals surface area contributed by atoms with Gasteiger partial charge >= 0.3 is 0 Å². The summed E-state index contributed by atoms with van der Waals surface area (Å²) in [7, 11) is 0. The molecular formula is C12H15BrN4. The Labute approximate surface area is 109 Å². The minimum atomic E-state index is 0.633. The van der Waals surface area contributed by atoms with Crippen LogP contribution in [0.4, 0.5) is 5.69 Å². The van der Waals surface area contributed by atoms with Crippen molar-refractivity contribution < 1.29 is 0 Å². The third-order valence-corrected chi connectivity index (χ3v) is 3.08. The maximum Gasteiger partial charge on any atom is 0.112 e. The number of nitrogens with two attached hydrogens (primary N) is 1. The zero-order valence-corrected chi connectivity index (χ0v) is 11.3. The summed E-state index contributed by atoms with van der Waals surface area (Å²) in [5.74, 6) is 0. The highest BCUT2D eigenvalue weighted by Gasteiger charge is 2.09. The van der Waals surface area contributed by atoms with Crippen LogP contribution < -0.4 is 10.6 Å². The monoisotopic (exact) mass is 294 g/mol. The Hall–Kier alpha value is -1.20. The van der Waals surface area contributed by atoms with Gasteiger partial charge in [-0.25, -0.2) is 0 Å². The van der Waals surface area contributed by atoms with Crippen LogP contribution in [0.1, 0.15) is 6.92 Å². The van der Waals surface area contributed by atoms with E-state index in [2.05, 4.69) is 37.7 Å². The number of fused-ring (bicyclic) bond motifs is 1. The Morgan fingerprint density at radius 1 is 1.41 bits per heavy atom. The number of pyridine rings is 2. The van der Waals surface area contributed by atoms with Gasteiger partial charge in [0.25, 0.3) is 0 Å². The fraction of sp³-hybridized carbons (Fsp3) is 0.333. The Morgan fingerprint density at radius 3 is 2.94 bits per heavy atom. The summed E-state index contributed by atoms with van der Waals surface area (Å²) in [6, 6.07) is 3.96. The van der Waals surface area contributed by atoms with Crippen molar-refractivity contribution in [3.63, 3.8) is 0 Å². The van der Waals surface area contributed by atoms with Crippen LogP contribution in [0.25, 0.3) is 11.0 Å². The lowest BCUT2D eigenvalue weighted by atomic mass is 10.2. The van der Waals surface area contributed by atoms with E-state index in [1.165, 1.54) is 0 Å². The van der Waals surface area contributed by atoms with E-state index < -0.39 is 0 Å². The molecule has 0 bridgehead atoms. The first-order valence-electron chi connectivity index (χ1n) is 5.61. The Morgan fingerprint density at radius 2 is 2.24 bits per heavy atom. The van der Waals surface area contributed by atoms with Gasteiger partial charge in [0.05, 0.1) is 11.2 Å². The predicted octanol–water partition coefficient (Wildman–Crippen LogP) is 2.18. The summed E-state index contributed by atoms with van der Waals surface area (Å²) in [6.07, 6.45) is 3.61. The van der Waals surface area contributed by atoms with Crippen LogP contribution in [0.3, 0.4) is 0 Å².